The lowest BCUT2D eigenvalue weighted by Crippen LogP contribution is -2.01. The maximum Gasteiger partial charge on any atom is 0.340 e. The molecule has 0 atom stereocenters. The average molecular weight is 203 g/mol. The summed E-state index contributed by atoms with van der Waals surface area (Å²) in [5, 5.41) is 11.2. The maximum absolute atomic E-state index is 5.28. The minimum Gasteiger partial charge on any atom is -0.455 e. The highest BCUT2D eigenvalue weighted by molar-refractivity contribution is 5.31. The quantitative estimate of drug-likeness (QED) is 0.757. The van der Waals surface area contributed by atoms with E-state index >= 15 is 0 Å². The smallest absolute Gasteiger partial charge is 0.340 e. The van der Waals surface area contributed by atoms with Crippen LogP contribution in [0.5, 0.6) is 6.01 Å². The van der Waals surface area contributed by atoms with E-state index in [0.29, 0.717) is 6.01 Å². The number of hydrogen-bond acceptors (Lipinski definition) is 4. The zero-order valence-electron chi connectivity index (χ0n) is 8.37. The summed E-state index contributed by atoms with van der Waals surface area (Å²) in [6.07, 6.45) is 0.807. The van der Waals surface area contributed by atoms with Crippen LogP contribution in [0.4, 0.5) is 0 Å². The maximum atomic E-state index is 5.28. The van der Waals surface area contributed by atoms with E-state index in [1.54, 1.807) is 11.3 Å². The van der Waals surface area contributed by atoms with Crippen molar-refractivity contribution in [2.45, 2.75) is 13.3 Å². The van der Waals surface area contributed by atoms with E-state index in [1.165, 1.54) is 0 Å². The highest BCUT2D eigenvalue weighted by atomic mass is 16.5. The fourth-order valence-corrected chi connectivity index (χ4v) is 1.14. The molecule has 5 nitrogen and oxygen atoms in total. The Balaban J connectivity index is 2.25. The van der Waals surface area contributed by atoms with Gasteiger partial charge in [0.1, 0.15) is 6.61 Å². The summed E-state index contributed by atoms with van der Waals surface area (Å²) in [4.78, 5) is 0. The summed E-state index contributed by atoms with van der Waals surface area (Å²) in [5.74, 6) is 0. The highest BCUT2D eigenvalue weighted by Crippen LogP contribution is 2.13. The van der Waals surface area contributed by atoms with Gasteiger partial charge in [0, 0.05) is 0 Å². The van der Waals surface area contributed by atoms with Gasteiger partial charge in [-0.25, -0.2) is 0 Å². The van der Waals surface area contributed by atoms with Gasteiger partial charge in [-0.1, -0.05) is 30.2 Å². The van der Waals surface area contributed by atoms with Crippen LogP contribution < -0.4 is 4.74 Å². The van der Waals surface area contributed by atoms with E-state index in [2.05, 4.69) is 15.5 Å². The Bertz CT molecular complexity index is 412. The molecule has 1 radical (unpaired) electrons. The second-order valence-electron chi connectivity index (χ2n) is 2.90. The Morgan fingerprint density at radius 3 is 2.87 bits per heavy atom. The highest BCUT2D eigenvalue weighted by Gasteiger charge is 2.08. The molecular formula is C10H11N4O. The van der Waals surface area contributed by atoms with Crippen molar-refractivity contribution in [2.75, 3.05) is 0 Å². The number of benzene rings is 1. The van der Waals surface area contributed by atoms with Gasteiger partial charge in [0.05, 0.1) is 5.69 Å². The molecule has 1 aromatic heterocycles. The molecule has 0 amide bonds. The molecule has 0 aliphatic heterocycles. The Kier molecular flexibility index (Phi) is 2.92. The normalized spacial score (nSPS) is 10.2. The molecule has 15 heavy (non-hydrogen) atoms. The van der Waals surface area contributed by atoms with Gasteiger partial charge in [-0.2, -0.15) is 4.68 Å². The van der Waals surface area contributed by atoms with Crippen molar-refractivity contribution in [3.05, 3.63) is 36.9 Å². The van der Waals surface area contributed by atoms with Crippen LogP contribution >= 0.6 is 0 Å². The minimum absolute atomic E-state index is 0.378. The summed E-state index contributed by atoms with van der Waals surface area (Å²) in [5.41, 5.74) is 0.877. The first kappa shape index (κ1) is 9.64. The molecule has 0 aliphatic carbocycles. The molecule has 5 heteroatoms. The molecule has 1 heterocycles. The molecule has 0 spiro atoms. The van der Waals surface area contributed by atoms with Crippen molar-refractivity contribution in [3.8, 4) is 11.7 Å². The van der Waals surface area contributed by atoms with Crippen molar-refractivity contribution >= 4 is 0 Å². The van der Waals surface area contributed by atoms with Crippen molar-refractivity contribution in [2.24, 2.45) is 0 Å². The van der Waals surface area contributed by atoms with Crippen LogP contribution in [0.3, 0.4) is 0 Å². The van der Waals surface area contributed by atoms with Crippen LogP contribution in [0.2, 0.25) is 0 Å². The monoisotopic (exact) mass is 203 g/mol. The predicted octanol–water partition coefficient (Wildman–Crippen LogP) is 1.61. The standard InChI is InChI=1S/C10H11N4O/c1-2-8-15-10-11-12-13-14(10)9-6-4-3-5-7-9/h3-8H,2H2,1H3. The molecule has 77 valence electrons. The van der Waals surface area contributed by atoms with E-state index in [-0.39, 0.29) is 0 Å². The third kappa shape index (κ3) is 2.12. The van der Waals surface area contributed by atoms with Gasteiger partial charge in [-0.3, -0.25) is 0 Å². The van der Waals surface area contributed by atoms with Gasteiger partial charge in [0.2, 0.25) is 0 Å². The minimum atomic E-state index is 0.378. The SMILES string of the molecule is CC[CH]Oc1nnnn1-c1ccccc1. The van der Waals surface area contributed by atoms with E-state index in [4.69, 9.17) is 4.74 Å². The molecule has 2 rings (SSSR count). The number of nitrogens with zero attached hydrogens (tertiary/aromatic N) is 4. The third-order valence-corrected chi connectivity index (χ3v) is 1.80. The lowest BCUT2D eigenvalue weighted by Gasteiger charge is -2.03. The Morgan fingerprint density at radius 2 is 2.13 bits per heavy atom. The molecule has 0 saturated carbocycles. The number of para-hydroxylation sites is 1. The van der Waals surface area contributed by atoms with Gasteiger partial charge in [-0.15, -0.1) is 0 Å². The first-order chi connectivity index (χ1) is 7.42. The van der Waals surface area contributed by atoms with E-state index in [0.717, 1.165) is 12.1 Å². The van der Waals surface area contributed by atoms with Crippen LogP contribution in [-0.2, 0) is 0 Å². The van der Waals surface area contributed by atoms with Crippen LogP contribution in [-0.4, -0.2) is 20.2 Å². The van der Waals surface area contributed by atoms with E-state index in [1.807, 2.05) is 37.3 Å². The fourth-order valence-electron chi connectivity index (χ4n) is 1.14. The number of hydrogen-bond donors (Lipinski definition) is 0. The van der Waals surface area contributed by atoms with E-state index < -0.39 is 0 Å². The lowest BCUT2D eigenvalue weighted by molar-refractivity contribution is 0.355. The zero-order chi connectivity index (χ0) is 10.5. The topological polar surface area (TPSA) is 52.8 Å². The van der Waals surface area contributed by atoms with E-state index in [9.17, 15) is 0 Å². The van der Waals surface area contributed by atoms with Crippen molar-refractivity contribution < 1.29 is 4.74 Å². The second-order valence-corrected chi connectivity index (χ2v) is 2.90. The van der Waals surface area contributed by atoms with Crippen LogP contribution in [0.1, 0.15) is 13.3 Å². The summed E-state index contributed by atoms with van der Waals surface area (Å²) >= 11 is 0. The average Bonchev–Trinajstić information content (AvgIpc) is 2.75. The van der Waals surface area contributed by atoms with Gasteiger partial charge in [0.15, 0.2) is 0 Å². The number of rotatable bonds is 4. The first-order valence-corrected chi connectivity index (χ1v) is 4.74. The van der Waals surface area contributed by atoms with Crippen LogP contribution in [0, 0.1) is 6.61 Å². The molecule has 0 N–H and O–H groups in total. The Hall–Kier alpha value is -1.91. The fraction of sp³-hybridized carbons (Fsp3) is 0.200. The lowest BCUT2D eigenvalue weighted by atomic mass is 10.3. The second kappa shape index (κ2) is 4.54. The van der Waals surface area contributed by atoms with Crippen molar-refractivity contribution in [1.29, 1.82) is 0 Å². The van der Waals surface area contributed by atoms with Gasteiger partial charge in [0.25, 0.3) is 0 Å². The molecule has 0 aliphatic rings. The molecule has 0 saturated heterocycles. The molecular weight excluding hydrogens is 192 g/mol. The number of ether oxygens (including phenoxy) is 1. The van der Waals surface area contributed by atoms with Gasteiger partial charge >= 0.3 is 6.01 Å². The van der Waals surface area contributed by atoms with Crippen LogP contribution in [0.25, 0.3) is 5.69 Å². The molecule has 0 bridgehead atoms. The van der Waals surface area contributed by atoms with Crippen molar-refractivity contribution in [3.63, 3.8) is 0 Å². The summed E-state index contributed by atoms with van der Waals surface area (Å²) < 4.78 is 6.83. The first-order valence-electron chi connectivity index (χ1n) is 4.74. The Labute approximate surface area is 87.7 Å². The van der Waals surface area contributed by atoms with Crippen LogP contribution in [0.15, 0.2) is 30.3 Å². The molecule has 2 aromatic rings. The van der Waals surface area contributed by atoms with Gasteiger partial charge in [-0.05, 0) is 29.0 Å². The molecule has 0 unspecified atom stereocenters. The summed E-state index contributed by atoms with van der Waals surface area (Å²) in [6, 6.07) is 9.98. The molecule has 0 fully saturated rings. The van der Waals surface area contributed by atoms with Crippen molar-refractivity contribution in [1.82, 2.24) is 20.2 Å². The number of aromatic nitrogens is 4. The Morgan fingerprint density at radius 1 is 1.33 bits per heavy atom. The summed E-state index contributed by atoms with van der Waals surface area (Å²) in [6.45, 7) is 3.64. The largest absolute Gasteiger partial charge is 0.455 e. The third-order valence-electron chi connectivity index (χ3n) is 1.80. The van der Waals surface area contributed by atoms with Gasteiger partial charge < -0.3 is 4.74 Å². The predicted molar refractivity (Wildman–Crippen MR) is 54.4 cm³/mol. The zero-order valence-corrected chi connectivity index (χ0v) is 8.37. The summed E-state index contributed by atoms with van der Waals surface area (Å²) in [7, 11) is 0. The number of tetrazole rings is 1. The molecule has 1 aromatic carbocycles.